The molecule has 0 fully saturated rings. The van der Waals surface area contributed by atoms with E-state index >= 15 is 0 Å². The van der Waals surface area contributed by atoms with E-state index in [0.29, 0.717) is 0 Å². The molecule has 0 radical (unpaired) electrons. The zero-order valence-electron chi connectivity index (χ0n) is 18.6. The first kappa shape index (κ1) is 24.2. The molecule has 0 saturated heterocycles. The van der Waals surface area contributed by atoms with Crippen molar-refractivity contribution >= 4 is 5.84 Å². The largest absolute Gasteiger partial charge is 0.378 e. The van der Waals surface area contributed by atoms with Crippen molar-refractivity contribution in [1.29, 1.82) is 0 Å². The highest BCUT2D eigenvalue weighted by Crippen LogP contribution is 2.13. The van der Waals surface area contributed by atoms with E-state index in [2.05, 4.69) is 29.0 Å². The minimum Gasteiger partial charge on any atom is -0.378 e. The zero-order valence-corrected chi connectivity index (χ0v) is 18.6. The summed E-state index contributed by atoms with van der Waals surface area (Å²) < 4.78 is 2.28. The standard InChI is InChI=1S/C24H46N2O/c1-4-6-7-8-9-10-11-12-13-14-15-16-17-18-19-21-26-22-20-25-23(26)24(3,27)5-2/h18-19,27H,4-17,20-22H2,1-3H3/p+1. The number of hydrogen-bond acceptors (Lipinski definition) is 2. The summed E-state index contributed by atoms with van der Waals surface area (Å²) in [5.41, 5.74) is -0.722. The molecule has 0 aromatic carbocycles. The summed E-state index contributed by atoms with van der Waals surface area (Å²) in [6.45, 7) is 9.08. The van der Waals surface area contributed by atoms with Crippen molar-refractivity contribution in [3.63, 3.8) is 0 Å². The molecule has 0 aliphatic carbocycles. The Labute approximate surface area is 169 Å². The van der Waals surface area contributed by atoms with E-state index in [-0.39, 0.29) is 0 Å². The van der Waals surface area contributed by atoms with E-state index in [4.69, 9.17) is 0 Å². The van der Waals surface area contributed by atoms with Gasteiger partial charge in [0.05, 0.1) is 0 Å². The van der Waals surface area contributed by atoms with Crippen LogP contribution in [0.1, 0.15) is 111 Å². The molecular weight excluding hydrogens is 332 g/mol. The molecule has 0 spiro atoms. The van der Waals surface area contributed by atoms with Gasteiger partial charge in [-0.2, -0.15) is 0 Å². The van der Waals surface area contributed by atoms with Crippen molar-refractivity contribution in [3.05, 3.63) is 12.2 Å². The maximum Gasteiger partial charge on any atom is 0.277 e. The molecule has 1 atom stereocenters. The van der Waals surface area contributed by atoms with Crippen LogP contribution in [0.15, 0.2) is 12.2 Å². The summed E-state index contributed by atoms with van der Waals surface area (Å²) in [6, 6.07) is 0. The van der Waals surface area contributed by atoms with E-state index < -0.39 is 5.60 Å². The summed E-state index contributed by atoms with van der Waals surface area (Å²) in [5, 5.41) is 13.8. The summed E-state index contributed by atoms with van der Waals surface area (Å²) in [5.74, 6) is 1.00. The molecule has 158 valence electrons. The molecule has 0 saturated carbocycles. The van der Waals surface area contributed by atoms with Crippen LogP contribution in [0.2, 0.25) is 0 Å². The molecule has 0 amide bonds. The van der Waals surface area contributed by atoms with Gasteiger partial charge in [0.1, 0.15) is 19.6 Å². The highest BCUT2D eigenvalue weighted by molar-refractivity contribution is 5.86. The fraction of sp³-hybridized carbons (Fsp3) is 0.875. The van der Waals surface area contributed by atoms with Gasteiger partial charge in [-0.25, -0.2) is 0 Å². The Balaban J connectivity index is 1.97. The summed E-state index contributed by atoms with van der Waals surface area (Å²) >= 11 is 0. The van der Waals surface area contributed by atoms with Gasteiger partial charge < -0.3 is 5.11 Å². The van der Waals surface area contributed by atoms with Gasteiger partial charge in [0, 0.05) is 0 Å². The quantitative estimate of drug-likeness (QED) is 0.190. The van der Waals surface area contributed by atoms with Crippen molar-refractivity contribution in [2.24, 2.45) is 0 Å². The van der Waals surface area contributed by atoms with Gasteiger partial charge in [-0.3, -0.25) is 9.89 Å². The molecule has 2 N–H and O–H groups in total. The lowest BCUT2D eigenvalue weighted by atomic mass is 10.0. The lowest BCUT2D eigenvalue weighted by Gasteiger charge is -2.18. The maximum atomic E-state index is 10.5. The Morgan fingerprint density at radius 2 is 1.44 bits per heavy atom. The lowest BCUT2D eigenvalue weighted by Crippen LogP contribution is -2.45. The highest BCUT2D eigenvalue weighted by Gasteiger charge is 2.36. The normalized spacial score (nSPS) is 16.9. The van der Waals surface area contributed by atoms with Crippen molar-refractivity contribution < 1.29 is 9.68 Å². The van der Waals surface area contributed by atoms with Crippen LogP contribution in [0, 0.1) is 0 Å². The van der Waals surface area contributed by atoms with Crippen LogP contribution in [-0.4, -0.2) is 40.8 Å². The van der Waals surface area contributed by atoms with Crippen LogP contribution >= 0.6 is 0 Å². The summed E-state index contributed by atoms with van der Waals surface area (Å²) in [4.78, 5) is 0. The van der Waals surface area contributed by atoms with E-state index in [1.165, 1.54) is 83.5 Å². The van der Waals surface area contributed by atoms with Crippen molar-refractivity contribution in [2.75, 3.05) is 19.6 Å². The average Bonchev–Trinajstić information content (AvgIpc) is 3.14. The molecule has 1 aliphatic heterocycles. The first-order valence-electron chi connectivity index (χ1n) is 11.9. The highest BCUT2D eigenvalue weighted by atomic mass is 16.3. The van der Waals surface area contributed by atoms with E-state index in [1.807, 2.05) is 13.8 Å². The number of amidine groups is 1. The van der Waals surface area contributed by atoms with E-state index in [1.54, 1.807) is 0 Å². The number of allylic oxidation sites excluding steroid dienone is 1. The molecule has 0 aromatic heterocycles. The Morgan fingerprint density at radius 3 is 2.00 bits per heavy atom. The van der Waals surface area contributed by atoms with Gasteiger partial charge in [-0.05, 0) is 32.3 Å². The number of nitrogens with zero attached hydrogens (tertiary/aromatic N) is 1. The molecule has 1 aliphatic rings. The third kappa shape index (κ3) is 10.9. The van der Waals surface area contributed by atoms with Gasteiger partial charge in [0.25, 0.3) is 5.84 Å². The molecular formula is C24H47N2O+. The van der Waals surface area contributed by atoms with E-state index in [0.717, 1.165) is 31.9 Å². The van der Waals surface area contributed by atoms with E-state index in [9.17, 15) is 5.11 Å². The fourth-order valence-electron chi connectivity index (χ4n) is 3.84. The number of aliphatic hydroxyl groups is 1. The SMILES string of the molecule is CCCCCCCCCCCCCCC=CC[N+]1=C(C(C)(O)CC)NCC1. The van der Waals surface area contributed by atoms with Crippen LogP contribution in [0.25, 0.3) is 0 Å². The Morgan fingerprint density at radius 1 is 0.889 bits per heavy atom. The second kappa shape index (κ2) is 15.1. The molecule has 3 heteroatoms. The first-order chi connectivity index (χ1) is 13.1. The third-order valence-electron chi connectivity index (χ3n) is 5.91. The Bertz CT molecular complexity index is 426. The lowest BCUT2D eigenvalue weighted by molar-refractivity contribution is -0.511. The number of unbranched alkanes of at least 4 members (excludes halogenated alkanes) is 12. The summed E-state index contributed by atoms with van der Waals surface area (Å²) in [7, 11) is 0. The number of nitrogens with one attached hydrogen (secondary N) is 1. The Kier molecular flexibility index (Phi) is 13.6. The molecule has 0 bridgehead atoms. The van der Waals surface area contributed by atoms with Gasteiger partial charge in [0.15, 0.2) is 5.60 Å². The van der Waals surface area contributed by atoms with Gasteiger partial charge in [-0.1, -0.05) is 90.6 Å². The van der Waals surface area contributed by atoms with Crippen LogP contribution in [0.5, 0.6) is 0 Å². The second-order valence-corrected chi connectivity index (χ2v) is 8.50. The fourth-order valence-corrected chi connectivity index (χ4v) is 3.84. The van der Waals surface area contributed by atoms with Crippen LogP contribution in [-0.2, 0) is 0 Å². The predicted molar refractivity (Wildman–Crippen MR) is 119 cm³/mol. The third-order valence-corrected chi connectivity index (χ3v) is 5.91. The van der Waals surface area contributed by atoms with Crippen molar-refractivity contribution in [3.8, 4) is 0 Å². The van der Waals surface area contributed by atoms with Crippen LogP contribution in [0.4, 0.5) is 0 Å². The number of hydrogen-bond donors (Lipinski definition) is 2. The molecule has 1 heterocycles. The summed E-state index contributed by atoms with van der Waals surface area (Å²) in [6.07, 6.45) is 23.5. The number of rotatable bonds is 17. The van der Waals surface area contributed by atoms with Crippen LogP contribution in [0.3, 0.4) is 0 Å². The zero-order chi connectivity index (χ0) is 19.8. The smallest absolute Gasteiger partial charge is 0.277 e. The van der Waals surface area contributed by atoms with Gasteiger partial charge in [0.2, 0.25) is 0 Å². The monoisotopic (exact) mass is 379 g/mol. The predicted octanol–water partition coefficient (Wildman–Crippen LogP) is 5.81. The average molecular weight is 380 g/mol. The maximum absolute atomic E-state index is 10.5. The first-order valence-corrected chi connectivity index (χ1v) is 11.9. The van der Waals surface area contributed by atoms with Crippen molar-refractivity contribution in [2.45, 2.75) is 116 Å². The molecule has 1 unspecified atom stereocenters. The molecule has 1 rings (SSSR count). The molecule has 27 heavy (non-hydrogen) atoms. The minimum absolute atomic E-state index is 0.722. The van der Waals surface area contributed by atoms with Gasteiger partial charge in [-0.15, -0.1) is 0 Å². The topological polar surface area (TPSA) is 35.3 Å². The van der Waals surface area contributed by atoms with Crippen molar-refractivity contribution in [1.82, 2.24) is 5.32 Å². The second-order valence-electron chi connectivity index (χ2n) is 8.50. The van der Waals surface area contributed by atoms with Crippen LogP contribution < -0.4 is 5.32 Å². The molecule has 3 nitrogen and oxygen atoms in total. The molecule has 0 aromatic rings. The van der Waals surface area contributed by atoms with Gasteiger partial charge >= 0.3 is 0 Å². The minimum atomic E-state index is -0.722. The Hall–Kier alpha value is -0.830.